The lowest BCUT2D eigenvalue weighted by molar-refractivity contribution is 1.09. The van der Waals surface area contributed by atoms with E-state index in [2.05, 4.69) is 4.37 Å². The Morgan fingerprint density at radius 3 is 2.88 bits per heavy atom. The molecule has 0 saturated carbocycles. The Bertz CT molecular complexity index is 171. The van der Waals surface area contributed by atoms with E-state index >= 15 is 0 Å². The largest absolute Gasteiger partial charge is 0.397 e. The molecule has 0 amide bonds. The summed E-state index contributed by atoms with van der Waals surface area (Å²) in [5, 5.41) is 1.86. The van der Waals surface area contributed by atoms with Gasteiger partial charge in [-0.15, -0.1) is 0 Å². The molecule has 3 heteroatoms. The van der Waals surface area contributed by atoms with Crippen molar-refractivity contribution in [2.45, 2.75) is 13.3 Å². The van der Waals surface area contributed by atoms with Gasteiger partial charge in [0.05, 0.1) is 11.4 Å². The Morgan fingerprint density at radius 1 is 1.88 bits per heavy atom. The highest BCUT2D eigenvalue weighted by Gasteiger charge is 1.95. The molecule has 0 aromatic carbocycles. The molecule has 0 spiro atoms. The van der Waals surface area contributed by atoms with E-state index in [1.807, 2.05) is 12.3 Å². The van der Waals surface area contributed by atoms with Crippen LogP contribution in [0.5, 0.6) is 0 Å². The van der Waals surface area contributed by atoms with Gasteiger partial charge in [0.2, 0.25) is 0 Å². The molecule has 0 radical (unpaired) electrons. The van der Waals surface area contributed by atoms with Gasteiger partial charge in [0, 0.05) is 5.38 Å². The Hall–Kier alpha value is -0.570. The first-order valence-electron chi connectivity index (χ1n) is 2.53. The molecule has 1 aromatic rings. The molecule has 44 valence electrons. The van der Waals surface area contributed by atoms with Crippen LogP contribution in [-0.4, -0.2) is 4.37 Å². The second-order valence-corrected chi connectivity index (χ2v) is 2.20. The van der Waals surface area contributed by atoms with Gasteiger partial charge in [0.1, 0.15) is 0 Å². The zero-order valence-electron chi connectivity index (χ0n) is 4.72. The van der Waals surface area contributed by atoms with E-state index in [1.165, 1.54) is 11.5 Å². The number of hydrogen-bond donors (Lipinski definition) is 1. The van der Waals surface area contributed by atoms with Crippen LogP contribution in [-0.2, 0) is 6.42 Å². The average molecular weight is 128 g/mol. The molecule has 0 aliphatic heterocycles. The SMILES string of the molecule is CCc1nscc1N. The maximum absolute atomic E-state index is 5.50. The zero-order valence-corrected chi connectivity index (χ0v) is 5.53. The molecule has 0 aliphatic carbocycles. The summed E-state index contributed by atoms with van der Waals surface area (Å²) >= 11 is 1.42. The van der Waals surface area contributed by atoms with E-state index < -0.39 is 0 Å². The van der Waals surface area contributed by atoms with Crippen molar-refractivity contribution in [3.8, 4) is 0 Å². The number of nitrogen functional groups attached to an aromatic ring is 1. The minimum Gasteiger partial charge on any atom is -0.397 e. The fourth-order valence-corrected chi connectivity index (χ4v) is 1.20. The monoisotopic (exact) mass is 128 g/mol. The maximum Gasteiger partial charge on any atom is 0.0768 e. The van der Waals surface area contributed by atoms with Gasteiger partial charge in [-0.05, 0) is 18.0 Å². The average Bonchev–Trinajstić information content (AvgIpc) is 2.14. The molecule has 0 unspecified atom stereocenters. The molecule has 2 nitrogen and oxygen atoms in total. The molecule has 1 aromatic heterocycles. The minimum atomic E-state index is 0.831. The van der Waals surface area contributed by atoms with Gasteiger partial charge in [-0.3, -0.25) is 0 Å². The smallest absolute Gasteiger partial charge is 0.0768 e. The van der Waals surface area contributed by atoms with Gasteiger partial charge < -0.3 is 5.73 Å². The van der Waals surface area contributed by atoms with Crippen LogP contribution < -0.4 is 5.73 Å². The first-order chi connectivity index (χ1) is 3.84. The predicted octanol–water partition coefficient (Wildman–Crippen LogP) is 1.29. The van der Waals surface area contributed by atoms with E-state index in [-0.39, 0.29) is 0 Å². The van der Waals surface area contributed by atoms with E-state index in [9.17, 15) is 0 Å². The standard InChI is InChI=1S/C5H8N2S/c1-2-5-4(6)3-8-7-5/h3H,2,6H2,1H3. The summed E-state index contributed by atoms with van der Waals surface area (Å²) in [5.74, 6) is 0. The second-order valence-electron chi connectivity index (χ2n) is 1.57. The second kappa shape index (κ2) is 2.13. The fourth-order valence-electron chi connectivity index (χ4n) is 0.536. The van der Waals surface area contributed by atoms with Crippen LogP contribution in [0, 0.1) is 0 Å². The van der Waals surface area contributed by atoms with Crippen molar-refractivity contribution in [1.29, 1.82) is 0 Å². The normalized spacial score (nSPS) is 9.62. The molecule has 1 heterocycles. The zero-order chi connectivity index (χ0) is 5.98. The summed E-state index contributed by atoms with van der Waals surface area (Å²) in [6, 6.07) is 0. The molecule has 2 N–H and O–H groups in total. The highest BCUT2D eigenvalue weighted by molar-refractivity contribution is 7.04. The van der Waals surface area contributed by atoms with Crippen molar-refractivity contribution in [3.05, 3.63) is 11.1 Å². The number of aromatic nitrogens is 1. The summed E-state index contributed by atoms with van der Waals surface area (Å²) in [7, 11) is 0. The molecular formula is C5H8N2S. The third-order valence-corrected chi connectivity index (χ3v) is 1.70. The lowest BCUT2D eigenvalue weighted by Gasteiger charge is -1.86. The Kier molecular flexibility index (Phi) is 1.48. The fraction of sp³-hybridized carbons (Fsp3) is 0.400. The summed E-state index contributed by atoms with van der Waals surface area (Å²) in [5.41, 5.74) is 7.35. The number of hydrogen-bond acceptors (Lipinski definition) is 3. The van der Waals surface area contributed by atoms with Gasteiger partial charge in [-0.25, -0.2) is 0 Å². The predicted molar refractivity (Wildman–Crippen MR) is 35.9 cm³/mol. The van der Waals surface area contributed by atoms with Gasteiger partial charge in [-0.1, -0.05) is 6.92 Å². The summed E-state index contributed by atoms with van der Waals surface area (Å²) < 4.78 is 4.05. The van der Waals surface area contributed by atoms with Crippen molar-refractivity contribution in [3.63, 3.8) is 0 Å². The van der Waals surface area contributed by atoms with Crippen molar-refractivity contribution >= 4 is 17.2 Å². The van der Waals surface area contributed by atoms with Crippen LogP contribution >= 0.6 is 11.5 Å². The van der Waals surface area contributed by atoms with Crippen LogP contribution in [0.1, 0.15) is 12.6 Å². The van der Waals surface area contributed by atoms with Crippen molar-refractivity contribution in [2.75, 3.05) is 5.73 Å². The van der Waals surface area contributed by atoms with Crippen LogP contribution in [0.25, 0.3) is 0 Å². The van der Waals surface area contributed by atoms with Crippen molar-refractivity contribution in [2.24, 2.45) is 0 Å². The Morgan fingerprint density at radius 2 is 2.62 bits per heavy atom. The number of nitrogens with two attached hydrogens (primary N) is 1. The van der Waals surface area contributed by atoms with E-state index in [1.54, 1.807) is 0 Å². The lowest BCUT2D eigenvalue weighted by Crippen LogP contribution is -1.87. The summed E-state index contributed by atoms with van der Waals surface area (Å²) in [6.07, 6.45) is 0.940. The van der Waals surface area contributed by atoms with Crippen molar-refractivity contribution in [1.82, 2.24) is 4.37 Å². The lowest BCUT2D eigenvalue weighted by atomic mass is 10.3. The van der Waals surface area contributed by atoms with Crippen LogP contribution in [0.4, 0.5) is 5.69 Å². The third kappa shape index (κ3) is 0.816. The van der Waals surface area contributed by atoms with Gasteiger partial charge in [-0.2, -0.15) is 4.37 Å². The van der Waals surface area contributed by atoms with Gasteiger partial charge >= 0.3 is 0 Å². The molecule has 8 heavy (non-hydrogen) atoms. The summed E-state index contributed by atoms with van der Waals surface area (Å²) in [4.78, 5) is 0. The Balaban J connectivity index is 2.92. The number of anilines is 1. The van der Waals surface area contributed by atoms with Crippen molar-refractivity contribution < 1.29 is 0 Å². The first kappa shape index (κ1) is 5.56. The topological polar surface area (TPSA) is 38.9 Å². The number of nitrogens with zero attached hydrogens (tertiary/aromatic N) is 1. The third-order valence-electron chi connectivity index (χ3n) is 1.01. The number of aryl methyl sites for hydroxylation is 1. The molecule has 0 fully saturated rings. The molecule has 0 aliphatic rings. The highest BCUT2D eigenvalue weighted by atomic mass is 32.1. The first-order valence-corrected chi connectivity index (χ1v) is 3.37. The van der Waals surface area contributed by atoms with Crippen LogP contribution in [0.3, 0.4) is 0 Å². The van der Waals surface area contributed by atoms with E-state index in [0.717, 1.165) is 17.8 Å². The molecule has 0 saturated heterocycles. The van der Waals surface area contributed by atoms with E-state index in [4.69, 9.17) is 5.73 Å². The van der Waals surface area contributed by atoms with Crippen LogP contribution in [0.2, 0.25) is 0 Å². The van der Waals surface area contributed by atoms with Gasteiger partial charge in [0.15, 0.2) is 0 Å². The molecule has 0 atom stereocenters. The van der Waals surface area contributed by atoms with E-state index in [0.29, 0.717) is 0 Å². The highest BCUT2D eigenvalue weighted by Crippen LogP contribution is 2.11. The molecular weight excluding hydrogens is 120 g/mol. The summed E-state index contributed by atoms with van der Waals surface area (Å²) in [6.45, 7) is 2.05. The quantitative estimate of drug-likeness (QED) is 0.619. The minimum absolute atomic E-state index is 0.831. The Labute approximate surface area is 52.5 Å². The molecule has 0 bridgehead atoms. The maximum atomic E-state index is 5.50. The molecule has 1 rings (SSSR count). The number of rotatable bonds is 1. The van der Waals surface area contributed by atoms with Crippen LogP contribution in [0.15, 0.2) is 5.38 Å². The van der Waals surface area contributed by atoms with Gasteiger partial charge in [0.25, 0.3) is 0 Å².